The molecule has 1 saturated heterocycles. The molecule has 356 valence electrons. The summed E-state index contributed by atoms with van der Waals surface area (Å²) in [5, 5.41) is 28.5. The molecule has 11 atom stereocenters. The Balaban J connectivity index is 1.43. The first-order valence-corrected chi connectivity index (χ1v) is 21.9. The zero-order chi connectivity index (χ0) is 48.6. The van der Waals surface area contributed by atoms with Crippen LogP contribution in [0.25, 0.3) is 0 Å². The summed E-state index contributed by atoms with van der Waals surface area (Å²) in [5.74, 6) is -8.31. The fourth-order valence-corrected chi connectivity index (χ4v) is 10.6. The highest BCUT2D eigenvalue weighted by Gasteiger charge is 2.79. The third kappa shape index (κ3) is 8.52. The van der Waals surface area contributed by atoms with Crippen molar-refractivity contribution in [2.75, 3.05) is 19.7 Å². The minimum absolute atomic E-state index is 0.0250. The van der Waals surface area contributed by atoms with Crippen LogP contribution in [0.15, 0.2) is 102 Å². The summed E-state index contributed by atoms with van der Waals surface area (Å²) in [7, 11) is 0. The second-order valence-electron chi connectivity index (χ2n) is 18.1. The number of Topliss-reactive ketones (excluding diaryl/α,β-unsaturated/α-hetero) is 1. The number of aliphatic hydroxyl groups excluding tert-OH is 1. The predicted octanol–water partition coefficient (Wildman–Crippen LogP) is 2.18. The molecular weight excluding hydrogens is 871 g/mol. The monoisotopic (exact) mass is 925 g/mol. The molecule has 0 aromatic heterocycles. The quantitative estimate of drug-likeness (QED) is 0.0933. The van der Waals surface area contributed by atoms with Crippen molar-refractivity contribution in [2.24, 2.45) is 28.2 Å². The summed E-state index contributed by atoms with van der Waals surface area (Å²) < 4.78 is 36.6. The standard InChI is InChI=1S/C49H55N3O15/c1-26-31(63-45(60)38(56)37(28-15-9-6-10-16-28)52-43(58)29-17-11-7-12-18-29)22-49(61)42(66-44(59)30-19-13-8-14-20-30)40-47(5,41(57)39(65-35(55)24-51)36(26)46(49,3)4)32(64-34(54)23-50)21-33-48(40,25-62-33)67-27(2)53/h6-20,31-33,37-40,42,56,61H,21-25,50-51H2,1-5H3,(H,52,58)/t31-,32-,33+,37-,38+,39+,40-,42-,47+,48-,49+/m0/s1. The third-order valence-electron chi connectivity index (χ3n) is 14.0. The van der Waals surface area contributed by atoms with Crippen LogP contribution in [0.5, 0.6) is 0 Å². The molecule has 2 bridgehead atoms. The number of nitrogens with two attached hydrogens (primary N) is 2. The van der Waals surface area contributed by atoms with Crippen LogP contribution in [0.3, 0.4) is 0 Å². The molecule has 1 amide bonds. The first kappa shape index (κ1) is 48.6. The van der Waals surface area contributed by atoms with Crippen molar-refractivity contribution in [3.8, 4) is 0 Å². The van der Waals surface area contributed by atoms with Gasteiger partial charge in [-0.25, -0.2) is 9.59 Å². The fourth-order valence-electron chi connectivity index (χ4n) is 10.6. The van der Waals surface area contributed by atoms with Crippen molar-refractivity contribution < 1.29 is 72.2 Å². The Bertz CT molecular complexity index is 2450. The molecule has 18 nitrogen and oxygen atoms in total. The number of hydrogen-bond acceptors (Lipinski definition) is 17. The highest BCUT2D eigenvalue weighted by Crippen LogP contribution is 2.65. The van der Waals surface area contributed by atoms with Crippen molar-refractivity contribution in [1.82, 2.24) is 5.32 Å². The van der Waals surface area contributed by atoms with E-state index in [9.17, 15) is 39.0 Å². The lowest BCUT2D eigenvalue weighted by Crippen LogP contribution is -2.82. The lowest BCUT2D eigenvalue weighted by Gasteiger charge is -2.67. The van der Waals surface area contributed by atoms with E-state index in [4.69, 9.17) is 39.9 Å². The summed E-state index contributed by atoms with van der Waals surface area (Å²) in [4.78, 5) is 98.1. The van der Waals surface area contributed by atoms with Gasteiger partial charge < -0.3 is 55.4 Å². The topological polar surface area (TPSA) is 279 Å². The molecule has 1 aliphatic heterocycles. The van der Waals surface area contributed by atoms with Crippen LogP contribution < -0.4 is 16.8 Å². The number of benzene rings is 3. The van der Waals surface area contributed by atoms with E-state index in [0.717, 1.165) is 6.92 Å². The van der Waals surface area contributed by atoms with Crippen LogP contribution in [0, 0.1) is 16.7 Å². The van der Waals surface area contributed by atoms with Crippen molar-refractivity contribution in [3.05, 3.63) is 119 Å². The van der Waals surface area contributed by atoms with E-state index in [1.807, 2.05) is 0 Å². The van der Waals surface area contributed by atoms with Crippen molar-refractivity contribution >= 4 is 41.5 Å². The number of carbonyl (C=O) groups excluding carboxylic acids is 7. The average molecular weight is 926 g/mol. The lowest BCUT2D eigenvalue weighted by atomic mass is 9.44. The zero-order valence-electron chi connectivity index (χ0n) is 37.7. The molecule has 3 aromatic rings. The van der Waals surface area contributed by atoms with E-state index in [-0.39, 0.29) is 35.3 Å². The number of esters is 5. The van der Waals surface area contributed by atoms with Crippen LogP contribution in [0.2, 0.25) is 0 Å². The number of fused-ring (bicyclic) bond motifs is 5. The van der Waals surface area contributed by atoms with E-state index in [2.05, 4.69) is 5.32 Å². The van der Waals surface area contributed by atoms with Crippen molar-refractivity contribution in [3.63, 3.8) is 0 Å². The van der Waals surface area contributed by atoms with E-state index >= 15 is 4.79 Å². The first-order valence-electron chi connectivity index (χ1n) is 21.9. The third-order valence-corrected chi connectivity index (χ3v) is 14.0. The molecule has 7 N–H and O–H groups in total. The van der Waals surface area contributed by atoms with Gasteiger partial charge in [-0.05, 0) is 54.8 Å². The van der Waals surface area contributed by atoms with Crippen LogP contribution >= 0.6 is 0 Å². The van der Waals surface area contributed by atoms with Crippen LogP contribution in [-0.2, 0) is 52.4 Å². The van der Waals surface area contributed by atoms with E-state index < -0.39 is 132 Å². The van der Waals surface area contributed by atoms with Gasteiger partial charge in [0, 0.05) is 30.7 Å². The maximum absolute atomic E-state index is 16.0. The minimum atomic E-state index is -2.49. The van der Waals surface area contributed by atoms with Gasteiger partial charge in [0.15, 0.2) is 23.6 Å². The summed E-state index contributed by atoms with van der Waals surface area (Å²) in [6.45, 7) is 5.32. The molecule has 18 heteroatoms. The molecule has 0 unspecified atom stereocenters. The largest absolute Gasteiger partial charge is 0.460 e. The van der Waals surface area contributed by atoms with Crippen molar-refractivity contribution in [2.45, 2.75) is 101 Å². The SMILES string of the molecule is CC(=O)O[C@@]12CO[C@@H]1C[C@H](OC(=O)CN)[C@@]1(C)C(=O)[C@H](OC(=O)CN)C3=C(C)[C@@H](OC(=O)[C@H](O)[C@@H](NC(=O)c4ccccc4)c4ccccc4)C[C@@](O)([C@@H](OC(=O)c4ccccc4)[C@H]21)C3(C)C. The number of ether oxygens (including phenoxy) is 6. The van der Waals surface area contributed by atoms with Gasteiger partial charge in [0.1, 0.15) is 30.0 Å². The molecule has 7 rings (SSSR count). The molecule has 2 saturated carbocycles. The molecule has 0 spiro atoms. The Kier molecular flexibility index (Phi) is 13.6. The smallest absolute Gasteiger partial charge is 0.338 e. The average Bonchev–Trinajstić information content (AvgIpc) is 3.31. The van der Waals surface area contributed by atoms with Gasteiger partial charge in [-0.3, -0.25) is 24.0 Å². The molecular formula is C49H55N3O15. The zero-order valence-corrected chi connectivity index (χ0v) is 37.7. The van der Waals surface area contributed by atoms with Gasteiger partial charge in [-0.2, -0.15) is 0 Å². The van der Waals surface area contributed by atoms with E-state index in [1.54, 1.807) is 78.9 Å². The summed E-state index contributed by atoms with van der Waals surface area (Å²) >= 11 is 0. The Morgan fingerprint density at radius 1 is 0.821 bits per heavy atom. The Labute approximate surface area is 386 Å². The number of ketones is 1. The highest BCUT2D eigenvalue weighted by molar-refractivity contribution is 5.97. The normalized spacial score (nSPS) is 30.3. The van der Waals surface area contributed by atoms with Gasteiger partial charge in [0.05, 0.1) is 42.6 Å². The number of amides is 1. The van der Waals surface area contributed by atoms with E-state index in [0.29, 0.717) is 5.56 Å². The van der Waals surface area contributed by atoms with Gasteiger partial charge in [-0.15, -0.1) is 0 Å². The predicted molar refractivity (Wildman–Crippen MR) is 234 cm³/mol. The second-order valence-corrected chi connectivity index (χ2v) is 18.1. The number of rotatable bonds is 13. The number of aliphatic hydroxyl groups is 2. The fraction of sp³-hybridized carbons (Fsp3) is 0.449. The highest BCUT2D eigenvalue weighted by atomic mass is 16.6. The Morgan fingerprint density at radius 2 is 1.39 bits per heavy atom. The Morgan fingerprint density at radius 3 is 1.94 bits per heavy atom. The molecule has 1 heterocycles. The molecule has 3 aromatic carbocycles. The molecule has 3 fully saturated rings. The van der Waals surface area contributed by atoms with Gasteiger partial charge in [0.2, 0.25) is 0 Å². The van der Waals surface area contributed by atoms with Crippen LogP contribution in [0.1, 0.15) is 79.8 Å². The maximum atomic E-state index is 16.0. The van der Waals surface area contributed by atoms with Crippen molar-refractivity contribution in [1.29, 1.82) is 0 Å². The van der Waals surface area contributed by atoms with Gasteiger partial charge in [0.25, 0.3) is 5.91 Å². The molecule has 67 heavy (non-hydrogen) atoms. The molecule has 3 aliphatic carbocycles. The summed E-state index contributed by atoms with van der Waals surface area (Å²) in [6, 6.07) is 22.6. The van der Waals surface area contributed by atoms with Crippen LogP contribution in [-0.4, -0.2) is 119 Å². The molecule has 0 radical (unpaired) electrons. The van der Waals surface area contributed by atoms with E-state index in [1.165, 1.54) is 39.8 Å². The second kappa shape index (κ2) is 18.8. The summed E-state index contributed by atoms with van der Waals surface area (Å²) in [6.07, 6.45) is -11.0. The molecule has 4 aliphatic rings. The Hall–Kier alpha value is -6.31. The summed E-state index contributed by atoms with van der Waals surface area (Å²) in [5.41, 5.74) is 3.81. The van der Waals surface area contributed by atoms with Crippen LogP contribution in [0.4, 0.5) is 0 Å². The lowest BCUT2D eigenvalue weighted by molar-refractivity contribution is -0.346. The number of nitrogens with one attached hydrogen (secondary N) is 1. The van der Waals surface area contributed by atoms with Gasteiger partial charge in [-0.1, -0.05) is 80.6 Å². The first-order chi connectivity index (χ1) is 31.7. The minimum Gasteiger partial charge on any atom is -0.460 e. The number of carbonyl (C=O) groups is 7. The maximum Gasteiger partial charge on any atom is 0.338 e. The van der Waals surface area contributed by atoms with Gasteiger partial charge >= 0.3 is 29.8 Å². The number of hydrogen-bond donors (Lipinski definition) is 5.